The molecule has 25 heavy (non-hydrogen) atoms. The maximum absolute atomic E-state index is 13.6. The van der Waals surface area contributed by atoms with Crippen LogP contribution in [0, 0.1) is 5.82 Å². The third-order valence-corrected chi connectivity index (χ3v) is 4.30. The van der Waals surface area contributed by atoms with Crippen molar-refractivity contribution in [1.82, 2.24) is 4.98 Å². The number of pyridine rings is 1. The molecule has 0 atom stereocenters. The van der Waals surface area contributed by atoms with E-state index in [1.807, 2.05) is 13.0 Å². The molecular weight excluding hydrogens is 362 g/mol. The minimum atomic E-state index is -0.458. The van der Waals surface area contributed by atoms with Crippen molar-refractivity contribution >= 4 is 29.0 Å². The lowest BCUT2D eigenvalue weighted by Gasteiger charge is -2.13. The smallest absolute Gasteiger partial charge is 0.127 e. The van der Waals surface area contributed by atoms with Gasteiger partial charge in [0.25, 0.3) is 0 Å². The van der Waals surface area contributed by atoms with Crippen molar-refractivity contribution in [3.63, 3.8) is 0 Å². The van der Waals surface area contributed by atoms with Gasteiger partial charge < -0.3 is 10.4 Å². The van der Waals surface area contributed by atoms with Gasteiger partial charge in [-0.15, -0.1) is 0 Å². The van der Waals surface area contributed by atoms with Crippen molar-refractivity contribution in [2.75, 3.05) is 11.9 Å². The van der Waals surface area contributed by atoms with E-state index >= 15 is 0 Å². The highest BCUT2D eigenvalue weighted by Gasteiger charge is 2.14. The van der Waals surface area contributed by atoms with E-state index in [0.29, 0.717) is 39.2 Å². The Kier molecular flexibility index (Phi) is 5.11. The highest BCUT2D eigenvalue weighted by molar-refractivity contribution is 6.39. The second-order valence-corrected chi connectivity index (χ2v) is 6.23. The topological polar surface area (TPSA) is 45.1 Å². The summed E-state index contributed by atoms with van der Waals surface area (Å²) < 4.78 is 13.6. The zero-order chi connectivity index (χ0) is 18.0. The standard InChI is InChI=1S/C19H15Cl2FN2O/c1-2-23-18-9-11(19-14(20)4-3-5-15(19)21)8-16(24-18)13-10-12(22)6-7-17(13)25/h3-10,25H,2H2,1H3,(H,23,24). The summed E-state index contributed by atoms with van der Waals surface area (Å²) in [7, 11) is 0. The Balaban J connectivity index is 2.24. The van der Waals surface area contributed by atoms with Crippen molar-refractivity contribution in [1.29, 1.82) is 0 Å². The SMILES string of the molecule is CCNc1cc(-c2c(Cl)cccc2Cl)cc(-c2cc(F)ccc2O)n1. The van der Waals surface area contributed by atoms with Crippen molar-refractivity contribution < 1.29 is 9.50 Å². The van der Waals surface area contributed by atoms with Gasteiger partial charge in [0.05, 0.1) is 5.69 Å². The summed E-state index contributed by atoms with van der Waals surface area (Å²) in [6, 6.07) is 12.5. The molecule has 128 valence electrons. The lowest BCUT2D eigenvalue weighted by molar-refractivity contribution is 0.475. The van der Waals surface area contributed by atoms with E-state index in [1.165, 1.54) is 18.2 Å². The number of hydrogen-bond donors (Lipinski definition) is 2. The third-order valence-electron chi connectivity index (χ3n) is 3.67. The number of aromatic hydroxyl groups is 1. The number of nitrogens with zero attached hydrogens (tertiary/aromatic N) is 1. The predicted octanol–water partition coefficient (Wildman–Crippen LogP) is 6.00. The highest BCUT2D eigenvalue weighted by Crippen LogP contribution is 2.38. The van der Waals surface area contributed by atoms with Crippen molar-refractivity contribution in [3.8, 4) is 28.1 Å². The van der Waals surface area contributed by atoms with Gasteiger partial charge in [-0.1, -0.05) is 29.3 Å². The molecule has 0 spiro atoms. The van der Waals surface area contributed by atoms with Crippen LogP contribution in [0.25, 0.3) is 22.4 Å². The first-order chi connectivity index (χ1) is 12.0. The monoisotopic (exact) mass is 376 g/mol. The Labute approximate surface area is 155 Å². The molecule has 0 bridgehead atoms. The second kappa shape index (κ2) is 7.30. The number of hydrogen-bond acceptors (Lipinski definition) is 3. The summed E-state index contributed by atoms with van der Waals surface area (Å²) in [6.45, 7) is 2.59. The zero-order valence-corrected chi connectivity index (χ0v) is 14.9. The molecule has 0 fully saturated rings. The zero-order valence-electron chi connectivity index (χ0n) is 13.4. The molecule has 0 saturated carbocycles. The van der Waals surface area contributed by atoms with Gasteiger partial charge in [0.15, 0.2) is 0 Å². The average molecular weight is 377 g/mol. The van der Waals surface area contributed by atoms with Gasteiger partial charge in [-0.2, -0.15) is 0 Å². The predicted molar refractivity (Wildman–Crippen MR) is 101 cm³/mol. The number of benzene rings is 2. The number of anilines is 1. The van der Waals surface area contributed by atoms with Crippen molar-refractivity contribution in [3.05, 3.63) is 64.4 Å². The van der Waals surface area contributed by atoms with Gasteiger partial charge in [0.2, 0.25) is 0 Å². The fourth-order valence-electron chi connectivity index (χ4n) is 2.57. The number of rotatable bonds is 4. The Morgan fingerprint density at radius 3 is 2.48 bits per heavy atom. The first-order valence-corrected chi connectivity index (χ1v) is 8.44. The lowest BCUT2D eigenvalue weighted by Crippen LogP contribution is -2.01. The van der Waals surface area contributed by atoms with Gasteiger partial charge in [-0.05, 0) is 55.0 Å². The summed E-state index contributed by atoms with van der Waals surface area (Å²) in [4.78, 5) is 4.46. The molecule has 0 aliphatic carbocycles. The quantitative estimate of drug-likeness (QED) is 0.586. The maximum atomic E-state index is 13.6. The van der Waals surface area contributed by atoms with Crippen LogP contribution in [-0.4, -0.2) is 16.6 Å². The second-order valence-electron chi connectivity index (χ2n) is 5.41. The summed E-state index contributed by atoms with van der Waals surface area (Å²) in [6.07, 6.45) is 0. The molecule has 1 heterocycles. The van der Waals surface area contributed by atoms with Crippen LogP contribution >= 0.6 is 23.2 Å². The Hall–Kier alpha value is -2.30. The normalized spacial score (nSPS) is 10.7. The van der Waals surface area contributed by atoms with E-state index < -0.39 is 5.82 Å². The summed E-state index contributed by atoms with van der Waals surface area (Å²) in [5.74, 6) is 0.0641. The highest BCUT2D eigenvalue weighted by atomic mass is 35.5. The van der Waals surface area contributed by atoms with Gasteiger partial charge in [0, 0.05) is 27.7 Å². The fraction of sp³-hybridized carbons (Fsp3) is 0.105. The van der Waals surface area contributed by atoms with Crippen LogP contribution in [0.5, 0.6) is 5.75 Å². The van der Waals surface area contributed by atoms with E-state index in [2.05, 4.69) is 10.3 Å². The average Bonchev–Trinajstić information content (AvgIpc) is 2.57. The van der Waals surface area contributed by atoms with Gasteiger partial charge in [0.1, 0.15) is 17.4 Å². The van der Waals surface area contributed by atoms with Gasteiger partial charge in [-0.3, -0.25) is 0 Å². The van der Waals surface area contributed by atoms with E-state index in [4.69, 9.17) is 23.2 Å². The van der Waals surface area contributed by atoms with E-state index in [0.717, 1.165) is 5.56 Å². The fourth-order valence-corrected chi connectivity index (χ4v) is 3.19. The van der Waals surface area contributed by atoms with Crippen LogP contribution in [0.2, 0.25) is 10.0 Å². The number of phenols is 1. The lowest BCUT2D eigenvalue weighted by atomic mass is 10.0. The van der Waals surface area contributed by atoms with Crippen molar-refractivity contribution in [2.24, 2.45) is 0 Å². The molecule has 6 heteroatoms. The first-order valence-electron chi connectivity index (χ1n) is 7.69. The van der Waals surface area contributed by atoms with Crippen LogP contribution in [-0.2, 0) is 0 Å². The molecule has 0 unspecified atom stereocenters. The molecule has 3 nitrogen and oxygen atoms in total. The third kappa shape index (κ3) is 3.70. The minimum Gasteiger partial charge on any atom is -0.507 e. The van der Waals surface area contributed by atoms with Crippen LogP contribution in [0.4, 0.5) is 10.2 Å². The van der Waals surface area contributed by atoms with E-state index in [-0.39, 0.29) is 5.75 Å². The largest absolute Gasteiger partial charge is 0.507 e. The number of aromatic nitrogens is 1. The summed E-state index contributed by atoms with van der Waals surface area (Å²) in [5, 5.41) is 14.2. The molecule has 3 rings (SSSR count). The molecule has 3 aromatic rings. The van der Waals surface area contributed by atoms with Crippen LogP contribution in [0.15, 0.2) is 48.5 Å². The van der Waals surface area contributed by atoms with Crippen molar-refractivity contribution in [2.45, 2.75) is 6.92 Å². The Morgan fingerprint density at radius 2 is 1.80 bits per heavy atom. The van der Waals surface area contributed by atoms with Gasteiger partial charge >= 0.3 is 0 Å². The minimum absolute atomic E-state index is 0.0567. The molecule has 1 aromatic heterocycles. The molecule has 0 aliphatic heterocycles. The summed E-state index contributed by atoms with van der Waals surface area (Å²) in [5.41, 5.74) is 2.09. The maximum Gasteiger partial charge on any atom is 0.127 e. The molecule has 0 saturated heterocycles. The molecule has 0 amide bonds. The Morgan fingerprint density at radius 1 is 1.08 bits per heavy atom. The summed E-state index contributed by atoms with van der Waals surface area (Å²) >= 11 is 12.6. The van der Waals surface area contributed by atoms with Crippen LogP contribution < -0.4 is 5.32 Å². The van der Waals surface area contributed by atoms with Crippen LogP contribution in [0.1, 0.15) is 6.92 Å². The van der Waals surface area contributed by atoms with E-state index in [1.54, 1.807) is 24.3 Å². The Bertz CT molecular complexity index is 911. The van der Waals surface area contributed by atoms with Gasteiger partial charge in [-0.25, -0.2) is 9.37 Å². The first kappa shape index (κ1) is 17.5. The number of nitrogens with one attached hydrogen (secondary N) is 1. The molecular formula is C19H15Cl2FN2O. The van der Waals surface area contributed by atoms with E-state index in [9.17, 15) is 9.50 Å². The molecule has 0 radical (unpaired) electrons. The molecule has 2 N–H and O–H groups in total. The number of phenolic OH excluding ortho intramolecular Hbond substituents is 1. The molecule has 2 aromatic carbocycles. The molecule has 0 aliphatic rings. The van der Waals surface area contributed by atoms with Crippen LogP contribution in [0.3, 0.4) is 0 Å². The number of halogens is 3.